The molecule has 26 heavy (non-hydrogen) atoms. The lowest BCUT2D eigenvalue weighted by Gasteiger charge is -2.11. The normalized spacial score (nSPS) is 10.3. The van der Waals surface area contributed by atoms with Crippen molar-refractivity contribution in [1.82, 2.24) is 9.97 Å². The van der Waals surface area contributed by atoms with E-state index in [0.29, 0.717) is 32.9 Å². The van der Waals surface area contributed by atoms with Crippen molar-refractivity contribution in [3.05, 3.63) is 70.5 Å². The summed E-state index contributed by atoms with van der Waals surface area (Å²) in [5, 5.41) is 7.20. The molecule has 0 bridgehead atoms. The molecule has 6 nitrogen and oxygen atoms in total. The van der Waals surface area contributed by atoms with Gasteiger partial charge in [0.25, 0.3) is 0 Å². The molecule has 0 aliphatic rings. The first-order valence-electron chi connectivity index (χ1n) is 7.55. The third-order valence-electron chi connectivity index (χ3n) is 3.46. The van der Waals surface area contributed by atoms with Crippen LogP contribution in [0.15, 0.2) is 54.9 Å². The van der Waals surface area contributed by atoms with Crippen LogP contribution >= 0.6 is 23.2 Å². The Labute approximate surface area is 160 Å². The number of methoxy groups -OCH3 is 1. The Kier molecular flexibility index (Phi) is 5.55. The molecule has 8 heteroatoms. The first kappa shape index (κ1) is 18.0. The Morgan fingerprint density at radius 2 is 1.58 bits per heavy atom. The zero-order chi connectivity index (χ0) is 18.5. The van der Waals surface area contributed by atoms with Crippen LogP contribution in [0.2, 0.25) is 10.0 Å². The Bertz CT molecular complexity index is 912. The number of ether oxygens (including phenoxy) is 1. The summed E-state index contributed by atoms with van der Waals surface area (Å²) >= 11 is 12.3. The topological polar surface area (TPSA) is 76.1 Å². The third-order valence-corrected chi connectivity index (χ3v) is 4.09. The molecule has 0 aliphatic carbocycles. The molecule has 2 aromatic carbocycles. The fraction of sp³-hybridized carbons (Fsp3) is 0.0556. The number of nitrogens with one attached hydrogen (secondary N) is 2. The van der Waals surface area contributed by atoms with Gasteiger partial charge < -0.3 is 15.4 Å². The van der Waals surface area contributed by atoms with Crippen molar-refractivity contribution in [2.75, 3.05) is 17.7 Å². The zero-order valence-corrected chi connectivity index (χ0v) is 15.2. The number of benzene rings is 2. The highest BCUT2D eigenvalue weighted by Crippen LogP contribution is 2.32. The van der Waals surface area contributed by atoms with Crippen molar-refractivity contribution in [2.45, 2.75) is 0 Å². The van der Waals surface area contributed by atoms with E-state index >= 15 is 0 Å². The maximum Gasteiger partial charge on any atom is 0.337 e. The molecule has 0 unspecified atom stereocenters. The van der Waals surface area contributed by atoms with Crippen LogP contribution in [0.3, 0.4) is 0 Å². The summed E-state index contributed by atoms with van der Waals surface area (Å²) in [6, 6.07) is 13.8. The molecular formula is C18H14Cl2N4O2. The van der Waals surface area contributed by atoms with Crippen molar-refractivity contribution in [2.24, 2.45) is 0 Å². The SMILES string of the molecule is COC(=O)c1ccc(Nc2cc(Nc3c(Cl)cccc3Cl)ncn2)cc1. The summed E-state index contributed by atoms with van der Waals surface area (Å²) in [4.78, 5) is 19.8. The minimum absolute atomic E-state index is 0.387. The van der Waals surface area contributed by atoms with E-state index < -0.39 is 0 Å². The van der Waals surface area contributed by atoms with Crippen LogP contribution in [0.25, 0.3) is 0 Å². The number of esters is 1. The molecule has 3 rings (SSSR count). The van der Waals surface area contributed by atoms with Crippen LogP contribution < -0.4 is 10.6 Å². The van der Waals surface area contributed by atoms with Gasteiger partial charge in [0, 0.05) is 11.8 Å². The number of carbonyl (C=O) groups is 1. The highest BCUT2D eigenvalue weighted by Gasteiger charge is 2.08. The summed E-state index contributed by atoms with van der Waals surface area (Å²) in [5.41, 5.74) is 1.80. The van der Waals surface area contributed by atoms with E-state index in [1.807, 2.05) is 0 Å². The number of halogens is 2. The Morgan fingerprint density at radius 3 is 2.19 bits per heavy atom. The van der Waals surface area contributed by atoms with Crippen molar-refractivity contribution >= 4 is 52.2 Å². The van der Waals surface area contributed by atoms with Gasteiger partial charge in [-0.15, -0.1) is 0 Å². The molecule has 1 heterocycles. The van der Waals surface area contributed by atoms with E-state index in [0.717, 1.165) is 5.69 Å². The van der Waals surface area contributed by atoms with E-state index in [4.69, 9.17) is 23.2 Å². The minimum Gasteiger partial charge on any atom is -0.465 e. The number of aromatic nitrogens is 2. The van der Waals surface area contributed by atoms with Gasteiger partial charge in [-0.25, -0.2) is 14.8 Å². The molecule has 0 saturated heterocycles. The van der Waals surface area contributed by atoms with Crippen LogP contribution in [0.5, 0.6) is 0 Å². The fourth-order valence-electron chi connectivity index (χ4n) is 2.19. The number of anilines is 4. The van der Waals surface area contributed by atoms with E-state index in [1.165, 1.54) is 13.4 Å². The van der Waals surface area contributed by atoms with Crippen LogP contribution in [0.1, 0.15) is 10.4 Å². The van der Waals surface area contributed by atoms with Gasteiger partial charge >= 0.3 is 5.97 Å². The smallest absolute Gasteiger partial charge is 0.337 e. The summed E-state index contributed by atoms with van der Waals surface area (Å²) < 4.78 is 4.68. The van der Waals surface area contributed by atoms with Crippen LogP contribution in [-0.4, -0.2) is 23.0 Å². The fourth-order valence-corrected chi connectivity index (χ4v) is 2.69. The number of carbonyl (C=O) groups excluding carboxylic acids is 1. The molecule has 1 aromatic heterocycles. The molecule has 0 atom stereocenters. The van der Waals surface area contributed by atoms with Gasteiger partial charge in [0.15, 0.2) is 0 Å². The van der Waals surface area contributed by atoms with Gasteiger partial charge in [-0.1, -0.05) is 29.3 Å². The Morgan fingerprint density at radius 1 is 0.962 bits per heavy atom. The maximum atomic E-state index is 11.5. The highest BCUT2D eigenvalue weighted by molar-refractivity contribution is 6.39. The second-order valence-electron chi connectivity index (χ2n) is 5.20. The Hall–Kier alpha value is -2.83. The molecule has 0 amide bonds. The average molecular weight is 389 g/mol. The number of para-hydroxylation sites is 1. The standard InChI is InChI=1S/C18H14Cl2N4O2/c1-26-18(25)11-5-7-12(8-6-11)23-15-9-16(22-10-21-15)24-17-13(19)3-2-4-14(17)20/h2-10H,1H3,(H2,21,22,23,24). The Balaban J connectivity index is 1.76. The minimum atomic E-state index is -0.387. The zero-order valence-electron chi connectivity index (χ0n) is 13.7. The van der Waals surface area contributed by atoms with Crippen molar-refractivity contribution in [3.8, 4) is 0 Å². The number of rotatable bonds is 5. The third kappa shape index (κ3) is 4.22. The van der Waals surface area contributed by atoms with Crippen LogP contribution in [0, 0.1) is 0 Å². The molecular weight excluding hydrogens is 375 g/mol. The summed E-state index contributed by atoms with van der Waals surface area (Å²) in [6.45, 7) is 0. The lowest BCUT2D eigenvalue weighted by molar-refractivity contribution is 0.0601. The highest BCUT2D eigenvalue weighted by atomic mass is 35.5. The quantitative estimate of drug-likeness (QED) is 0.595. The predicted molar refractivity (Wildman–Crippen MR) is 103 cm³/mol. The lowest BCUT2D eigenvalue weighted by Crippen LogP contribution is -2.02. The second kappa shape index (κ2) is 8.03. The summed E-state index contributed by atoms with van der Waals surface area (Å²) in [6.07, 6.45) is 1.41. The first-order chi connectivity index (χ1) is 12.6. The van der Waals surface area contributed by atoms with E-state index in [2.05, 4.69) is 25.3 Å². The molecule has 2 N–H and O–H groups in total. The number of nitrogens with zero attached hydrogens (tertiary/aromatic N) is 2. The average Bonchev–Trinajstić information content (AvgIpc) is 2.65. The van der Waals surface area contributed by atoms with Gasteiger partial charge in [0.05, 0.1) is 28.4 Å². The van der Waals surface area contributed by atoms with E-state index in [-0.39, 0.29) is 5.97 Å². The monoisotopic (exact) mass is 388 g/mol. The van der Waals surface area contributed by atoms with Gasteiger partial charge in [-0.2, -0.15) is 0 Å². The summed E-state index contributed by atoms with van der Waals surface area (Å²) in [7, 11) is 1.34. The first-order valence-corrected chi connectivity index (χ1v) is 8.31. The lowest BCUT2D eigenvalue weighted by atomic mass is 10.2. The molecule has 0 saturated carbocycles. The van der Waals surface area contributed by atoms with Gasteiger partial charge in [-0.05, 0) is 36.4 Å². The molecule has 3 aromatic rings. The molecule has 0 fully saturated rings. The largest absolute Gasteiger partial charge is 0.465 e. The molecule has 0 radical (unpaired) electrons. The molecule has 0 spiro atoms. The summed E-state index contributed by atoms with van der Waals surface area (Å²) in [5.74, 6) is 0.710. The maximum absolute atomic E-state index is 11.5. The van der Waals surface area contributed by atoms with Crippen molar-refractivity contribution in [1.29, 1.82) is 0 Å². The van der Waals surface area contributed by atoms with Crippen molar-refractivity contribution < 1.29 is 9.53 Å². The van der Waals surface area contributed by atoms with E-state index in [9.17, 15) is 4.79 Å². The van der Waals surface area contributed by atoms with Crippen LogP contribution in [0.4, 0.5) is 23.0 Å². The predicted octanol–water partition coefficient (Wildman–Crippen LogP) is 5.06. The van der Waals surface area contributed by atoms with Gasteiger partial charge in [0.1, 0.15) is 18.0 Å². The molecule has 0 aliphatic heterocycles. The van der Waals surface area contributed by atoms with Gasteiger partial charge in [-0.3, -0.25) is 0 Å². The van der Waals surface area contributed by atoms with Crippen LogP contribution in [-0.2, 0) is 4.74 Å². The second-order valence-corrected chi connectivity index (χ2v) is 6.02. The van der Waals surface area contributed by atoms with Crippen molar-refractivity contribution in [3.63, 3.8) is 0 Å². The number of hydrogen-bond donors (Lipinski definition) is 2. The number of hydrogen-bond acceptors (Lipinski definition) is 6. The van der Waals surface area contributed by atoms with E-state index in [1.54, 1.807) is 48.5 Å². The van der Waals surface area contributed by atoms with Gasteiger partial charge in [0.2, 0.25) is 0 Å². The molecule has 132 valence electrons.